The van der Waals surface area contributed by atoms with Crippen LogP contribution in [0.15, 0.2) is 30.3 Å². The van der Waals surface area contributed by atoms with Gasteiger partial charge in [0.15, 0.2) is 0 Å². The van der Waals surface area contributed by atoms with Crippen LogP contribution in [0.1, 0.15) is 25.0 Å². The SMILES string of the molecule is CC1CC(C(=O)NCC(O)c2ccccc2)CO1. The Kier molecular flexibility index (Phi) is 4.33. The van der Waals surface area contributed by atoms with Crippen molar-refractivity contribution in [3.8, 4) is 0 Å². The molecule has 3 unspecified atom stereocenters. The molecule has 0 radical (unpaired) electrons. The number of nitrogens with one attached hydrogen (secondary N) is 1. The van der Waals surface area contributed by atoms with E-state index in [2.05, 4.69) is 5.32 Å². The van der Waals surface area contributed by atoms with Gasteiger partial charge in [-0.2, -0.15) is 0 Å². The van der Waals surface area contributed by atoms with E-state index in [9.17, 15) is 9.90 Å². The first-order valence-corrected chi connectivity index (χ1v) is 6.29. The number of hydrogen-bond acceptors (Lipinski definition) is 3. The molecule has 18 heavy (non-hydrogen) atoms. The molecule has 1 aromatic rings. The third-order valence-electron chi connectivity index (χ3n) is 3.22. The number of hydrogen-bond donors (Lipinski definition) is 2. The van der Waals surface area contributed by atoms with Crippen molar-refractivity contribution in [2.75, 3.05) is 13.2 Å². The first kappa shape index (κ1) is 13.1. The minimum Gasteiger partial charge on any atom is -0.387 e. The second kappa shape index (κ2) is 5.98. The van der Waals surface area contributed by atoms with E-state index in [4.69, 9.17) is 4.74 Å². The molecule has 4 heteroatoms. The van der Waals surface area contributed by atoms with Crippen molar-refractivity contribution in [3.63, 3.8) is 0 Å². The molecule has 3 atom stereocenters. The second-order valence-corrected chi connectivity index (χ2v) is 4.75. The van der Waals surface area contributed by atoms with E-state index in [-0.39, 0.29) is 24.5 Å². The van der Waals surface area contributed by atoms with Crippen LogP contribution >= 0.6 is 0 Å². The predicted octanol–water partition coefficient (Wildman–Crippen LogP) is 1.26. The zero-order valence-electron chi connectivity index (χ0n) is 10.5. The number of benzene rings is 1. The molecule has 0 aliphatic carbocycles. The van der Waals surface area contributed by atoms with Gasteiger partial charge in [0.2, 0.25) is 5.91 Å². The van der Waals surface area contributed by atoms with Gasteiger partial charge in [0.25, 0.3) is 0 Å². The number of carbonyl (C=O) groups is 1. The largest absolute Gasteiger partial charge is 0.387 e. The van der Waals surface area contributed by atoms with Gasteiger partial charge in [0, 0.05) is 6.54 Å². The summed E-state index contributed by atoms with van der Waals surface area (Å²) in [5.41, 5.74) is 0.814. The fourth-order valence-electron chi connectivity index (χ4n) is 2.13. The number of rotatable bonds is 4. The number of aliphatic hydroxyl groups excluding tert-OH is 1. The second-order valence-electron chi connectivity index (χ2n) is 4.75. The minimum absolute atomic E-state index is 0.0330. The summed E-state index contributed by atoms with van der Waals surface area (Å²) in [5, 5.41) is 12.7. The number of aliphatic hydroxyl groups is 1. The van der Waals surface area contributed by atoms with Crippen LogP contribution in [0, 0.1) is 5.92 Å². The van der Waals surface area contributed by atoms with E-state index >= 15 is 0 Å². The van der Waals surface area contributed by atoms with Gasteiger partial charge in [-0.3, -0.25) is 4.79 Å². The highest BCUT2D eigenvalue weighted by atomic mass is 16.5. The summed E-state index contributed by atoms with van der Waals surface area (Å²) in [4.78, 5) is 11.8. The third-order valence-corrected chi connectivity index (χ3v) is 3.22. The van der Waals surface area contributed by atoms with Gasteiger partial charge in [0.05, 0.1) is 24.7 Å². The van der Waals surface area contributed by atoms with Crippen LogP contribution in [0.2, 0.25) is 0 Å². The Hall–Kier alpha value is -1.39. The summed E-state index contributed by atoms with van der Waals surface area (Å²) < 4.78 is 5.35. The monoisotopic (exact) mass is 249 g/mol. The van der Waals surface area contributed by atoms with Crippen molar-refractivity contribution < 1.29 is 14.6 Å². The van der Waals surface area contributed by atoms with E-state index in [1.54, 1.807) is 0 Å². The van der Waals surface area contributed by atoms with E-state index in [1.165, 1.54) is 0 Å². The molecular weight excluding hydrogens is 230 g/mol. The van der Waals surface area contributed by atoms with Gasteiger partial charge in [0.1, 0.15) is 0 Å². The molecule has 0 saturated carbocycles. The van der Waals surface area contributed by atoms with Crippen LogP contribution in [0.5, 0.6) is 0 Å². The summed E-state index contributed by atoms with van der Waals surface area (Å²) >= 11 is 0. The number of carbonyl (C=O) groups excluding carboxylic acids is 1. The van der Waals surface area contributed by atoms with Crippen LogP contribution in [-0.4, -0.2) is 30.3 Å². The van der Waals surface area contributed by atoms with E-state index in [0.29, 0.717) is 6.61 Å². The molecule has 2 N–H and O–H groups in total. The summed E-state index contributed by atoms with van der Waals surface area (Å²) in [5.74, 6) is -0.114. The highest BCUT2D eigenvalue weighted by Crippen LogP contribution is 2.19. The predicted molar refractivity (Wildman–Crippen MR) is 67.9 cm³/mol. The van der Waals surface area contributed by atoms with Crippen LogP contribution < -0.4 is 5.32 Å². The molecule has 1 amide bonds. The average molecular weight is 249 g/mol. The van der Waals surface area contributed by atoms with Crippen molar-refractivity contribution in [1.29, 1.82) is 0 Å². The molecule has 0 aromatic heterocycles. The Bertz CT molecular complexity index is 393. The molecule has 98 valence electrons. The van der Waals surface area contributed by atoms with Crippen molar-refractivity contribution >= 4 is 5.91 Å². The number of ether oxygens (including phenoxy) is 1. The molecule has 1 aliphatic heterocycles. The lowest BCUT2D eigenvalue weighted by molar-refractivity contribution is -0.125. The highest BCUT2D eigenvalue weighted by molar-refractivity contribution is 5.79. The summed E-state index contributed by atoms with van der Waals surface area (Å²) in [6.45, 7) is 2.69. The molecule has 4 nitrogen and oxygen atoms in total. The smallest absolute Gasteiger partial charge is 0.225 e. The lowest BCUT2D eigenvalue weighted by atomic mass is 10.1. The van der Waals surface area contributed by atoms with Crippen LogP contribution in [0.25, 0.3) is 0 Å². The van der Waals surface area contributed by atoms with Crippen molar-refractivity contribution in [2.45, 2.75) is 25.6 Å². The first-order valence-electron chi connectivity index (χ1n) is 6.29. The van der Waals surface area contributed by atoms with E-state index in [0.717, 1.165) is 12.0 Å². The Morgan fingerprint density at radius 1 is 1.50 bits per heavy atom. The maximum absolute atomic E-state index is 11.8. The molecular formula is C14H19NO3. The molecule has 0 spiro atoms. The zero-order chi connectivity index (χ0) is 13.0. The quantitative estimate of drug-likeness (QED) is 0.844. The van der Waals surface area contributed by atoms with Crippen LogP contribution in [-0.2, 0) is 9.53 Å². The van der Waals surface area contributed by atoms with Crippen molar-refractivity contribution in [3.05, 3.63) is 35.9 Å². The fraction of sp³-hybridized carbons (Fsp3) is 0.500. The lowest BCUT2D eigenvalue weighted by Gasteiger charge is -2.14. The average Bonchev–Trinajstić information content (AvgIpc) is 2.83. The third kappa shape index (κ3) is 3.31. The summed E-state index contributed by atoms with van der Waals surface area (Å²) in [6, 6.07) is 9.32. The van der Waals surface area contributed by atoms with Crippen LogP contribution in [0.3, 0.4) is 0 Å². The molecule has 2 rings (SSSR count). The fourth-order valence-corrected chi connectivity index (χ4v) is 2.13. The van der Waals surface area contributed by atoms with E-state index < -0.39 is 6.10 Å². The molecule has 0 bridgehead atoms. The maximum atomic E-state index is 11.8. The van der Waals surface area contributed by atoms with Crippen molar-refractivity contribution in [2.24, 2.45) is 5.92 Å². The van der Waals surface area contributed by atoms with E-state index in [1.807, 2.05) is 37.3 Å². The lowest BCUT2D eigenvalue weighted by Crippen LogP contribution is -2.34. The van der Waals surface area contributed by atoms with Crippen molar-refractivity contribution in [1.82, 2.24) is 5.32 Å². The topological polar surface area (TPSA) is 58.6 Å². The summed E-state index contributed by atoms with van der Waals surface area (Å²) in [7, 11) is 0. The van der Waals surface area contributed by atoms with Gasteiger partial charge in [-0.15, -0.1) is 0 Å². The van der Waals surface area contributed by atoms with Gasteiger partial charge >= 0.3 is 0 Å². The highest BCUT2D eigenvalue weighted by Gasteiger charge is 2.28. The standard InChI is InChI=1S/C14H19NO3/c1-10-7-12(9-18-10)14(17)15-8-13(16)11-5-3-2-4-6-11/h2-6,10,12-13,16H,7-9H2,1H3,(H,15,17). The summed E-state index contributed by atoms with van der Waals surface area (Å²) in [6.07, 6.45) is 0.252. The minimum atomic E-state index is -0.658. The normalized spacial score (nSPS) is 24.8. The van der Waals surface area contributed by atoms with Gasteiger partial charge < -0.3 is 15.2 Å². The Morgan fingerprint density at radius 3 is 2.83 bits per heavy atom. The maximum Gasteiger partial charge on any atom is 0.225 e. The Labute approximate surface area is 107 Å². The van der Waals surface area contributed by atoms with Crippen LogP contribution in [0.4, 0.5) is 0 Å². The van der Waals surface area contributed by atoms with Gasteiger partial charge in [-0.1, -0.05) is 30.3 Å². The first-order chi connectivity index (χ1) is 8.66. The van der Waals surface area contributed by atoms with Gasteiger partial charge in [-0.25, -0.2) is 0 Å². The Balaban J connectivity index is 1.79. The molecule has 1 aliphatic rings. The zero-order valence-corrected chi connectivity index (χ0v) is 10.5. The molecule has 1 aromatic carbocycles. The molecule has 1 saturated heterocycles. The molecule has 1 heterocycles. The molecule has 1 fully saturated rings. The number of amides is 1. The van der Waals surface area contributed by atoms with Gasteiger partial charge in [-0.05, 0) is 18.9 Å². The Morgan fingerprint density at radius 2 is 2.22 bits per heavy atom.